The Morgan fingerprint density at radius 1 is 1.15 bits per heavy atom. The first-order chi connectivity index (χ1) is 12.8. The molecule has 0 saturated carbocycles. The lowest BCUT2D eigenvalue weighted by Crippen LogP contribution is -2.49. The molecular weight excluding hydrogens is 348 g/mol. The molecule has 3 aromatic rings. The van der Waals surface area contributed by atoms with Crippen molar-refractivity contribution in [3.8, 4) is 11.6 Å². The molecule has 3 amide bonds. The number of ether oxygens (including phenoxy) is 1. The molecule has 2 N–H and O–H groups in total. The van der Waals surface area contributed by atoms with Crippen LogP contribution < -0.4 is 15.4 Å². The van der Waals surface area contributed by atoms with Crippen LogP contribution in [0.2, 0.25) is 0 Å². The van der Waals surface area contributed by atoms with Crippen LogP contribution in [-0.4, -0.2) is 43.8 Å². The summed E-state index contributed by atoms with van der Waals surface area (Å²) in [6.45, 7) is 5.08. The lowest BCUT2D eigenvalue weighted by Gasteiger charge is -2.20. The lowest BCUT2D eigenvalue weighted by atomic mass is 10.1. The number of aromatic nitrogens is 4. The SMILES string of the molecule is CC(C)(C)NC(=O)NC(=O)COc1ncnc2c1cnn2-c1ccccc1. The van der Waals surface area contributed by atoms with Gasteiger partial charge < -0.3 is 10.1 Å². The Labute approximate surface area is 155 Å². The summed E-state index contributed by atoms with van der Waals surface area (Å²) in [5, 5.41) is 9.72. The van der Waals surface area contributed by atoms with E-state index in [2.05, 4.69) is 25.7 Å². The van der Waals surface area contributed by atoms with Gasteiger partial charge in [0.25, 0.3) is 5.91 Å². The Bertz CT molecular complexity index is 962. The van der Waals surface area contributed by atoms with Crippen molar-refractivity contribution in [3.05, 3.63) is 42.9 Å². The van der Waals surface area contributed by atoms with Gasteiger partial charge in [0.15, 0.2) is 12.3 Å². The summed E-state index contributed by atoms with van der Waals surface area (Å²) < 4.78 is 7.12. The molecule has 9 nitrogen and oxygen atoms in total. The number of amides is 3. The van der Waals surface area contributed by atoms with Gasteiger partial charge in [-0.2, -0.15) is 5.10 Å². The number of hydrogen-bond donors (Lipinski definition) is 2. The Morgan fingerprint density at radius 2 is 1.89 bits per heavy atom. The second-order valence-electron chi connectivity index (χ2n) is 6.85. The van der Waals surface area contributed by atoms with Crippen LogP contribution in [0.5, 0.6) is 5.88 Å². The summed E-state index contributed by atoms with van der Waals surface area (Å²) in [5.74, 6) is -0.368. The number of imide groups is 1. The molecule has 3 rings (SSSR count). The number of rotatable bonds is 4. The largest absolute Gasteiger partial charge is 0.467 e. The zero-order valence-electron chi connectivity index (χ0n) is 15.3. The van der Waals surface area contributed by atoms with Gasteiger partial charge in [-0.25, -0.2) is 19.4 Å². The third-order valence-electron chi connectivity index (χ3n) is 3.41. The van der Waals surface area contributed by atoms with Gasteiger partial charge in [0.05, 0.1) is 11.9 Å². The number of carbonyl (C=O) groups excluding carboxylic acids is 2. The monoisotopic (exact) mass is 368 g/mol. The summed E-state index contributed by atoms with van der Waals surface area (Å²) >= 11 is 0. The summed E-state index contributed by atoms with van der Waals surface area (Å²) in [5.41, 5.74) is 0.946. The van der Waals surface area contributed by atoms with Crippen LogP contribution in [0.1, 0.15) is 20.8 Å². The van der Waals surface area contributed by atoms with Crippen molar-refractivity contribution in [2.24, 2.45) is 0 Å². The van der Waals surface area contributed by atoms with Crippen LogP contribution in [0.25, 0.3) is 16.7 Å². The van der Waals surface area contributed by atoms with E-state index in [0.29, 0.717) is 11.0 Å². The van der Waals surface area contributed by atoms with Crippen molar-refractivity contribution in [1.29, 1.82) is 0 Å². The van der Waals surface area contributed by atoms with Gasteiger partial charge in [0.1, 0.15) is 11.7 Å². The zero-order valence-corrected chi connectivity index (χ0v) is 15.3. The van der Waals surface area contributed by atoms with Crippen molar-refractivity contribution in [1.82, 2.24) is 30.4 Å². The molecule has 2 heterocycles. The molecule has 0 bridgehead atoms. The van der Waals surface area contributed by atoms with Crippen molar-refractivity contribution in [3.63, 3.8) is 0 Å². The predicted octanol–water partition coefficient (Wildman–Crippen LogP) is 1.82. The molecule has 0 aliphatic carbocycles. The first-order valence-electron chi connectivity index (χ1n) is 8.32. The number of hydrogen-bond acceptors (Lipinski definition) is 6. The zero-order chi connectivity index (χ0) is 19.4. The average Bonchev–Trinajstić information content (AvgIpc) is 3.03. The molecule has 2 aromatic heterocycles. The first kappa shape index (κ1) is 18.3. The second-order valence-corrected chi connectivity index (χ2v) is 6.85. The second kappa shape index (κ2) is 7.40. The maximum absolute atomic E-state index is 11.9. The maximum Gasteiger partial charge on any atom is 0.321 e. The van der Waals surface area contributed by atoms with Gasteiger partial charge in [-0.15, -0.1) is 0 Å². The van der Waals surface area contributed by atoms with Crippen molar-refractivity contribution in [2.45, 2.75) is 26.3 Å². The molecule has 0 unspecified atom stereocenters. The van der Waals surface area contributed by atoms with E-state index >= 15 is 0 Å². The quantitative estimate of drug-likeness (QED) is 0.727. The molecule has 0 aliphatic rings. The molecule has 140 valence electrons. The Hall–Kier alpha value is -3.49. The van der Waals surface area contributed by atoms with E-state index in [1.165, 1.54) is 6.33 Å². The number of benzene rings is 1. The van der Waals surface area contributed by atoms with E-state index in [4.69, 9.17) is 4.74 Å². The van der Waals surface area contributed by atoms with E-state index in [-0.39, 0.29) is 12.5 Å². The summed E-state index contributed by atoms with van der Waals surface area (Å²) in [4.78, 5) is 31.9. The normalized spacial score (nSPS) is 11.2. The van der Waals surface area contributed by atoms with E-state index in [1.54, 1.807) is 10.9 Å². The van der Waals surface area contributed by atoms with Crippen LogP contribution in [0.4, 0.5) is 4.79 Å². The van der Waals surface area contributed by atoms with Crippen LogP contribution in [0, 0.1) is 0 Å². The fourth-order valence-electron chi connectivity index (χ4n) is 2.36. The van der Waals surface area contributed by atoms with Gasteiger partial charge in [-0.1, -0.05) is 18.2 Å². The summed E-state index contributed by atoms with van der Waals surface area (Å²) in [6, 6.07) is 8.92. The number of urea groups is 1. The van der Waals surface area contributed by atoms with Crippen LogP contribution in [-0.2, 0) is 4.79 Å². The number of nitrogens with zero attached hydrogens (tertiary/aromatic N) is 4. The highest BCUT2D eigenvalue weighted by Gasteiger charge is 2.17. The van der Waals surface area contributed by atoms with E-state index in [0.717, 1.165) is 5.69 Å². The smallest absolute Gasteiger partial charge is 0.321 e. The molecular formula is C18H20N6O3. The molecule has 9 heteroatoms. The van der Waals surface area contributed by atoms with Gasteiger partial charge in [0, 0.05) is 5.54 Å². The standard InChI is InChI=1S/C18H20N6O3/c1-18(2,3)23-17(26)22-14(25)10-27-16-13-9-21-24(15(13)19-11-20-16)12-7-5-4-6-8-12/h4-9,11H,10H2,1-3H3,(H2,22,23,25,26). The number of carbonyl (C=O) groups is 2. The number of fused-ring (bicyclic) bond motifs is 1. The van der Waals surface area contributed by atoms with Crippen molar-refractivity contribution < 1.29 is 14.3 Å². The minimum atomic E-state index is -0.584. The molecule has 1 aromatic carbocycles. The Morgan fingerprint density at radius 3 is 2.59 bits per heavy atom. The van der Waals surface area contributed by atoms with Crippen molar-refractivity contribution >= 4 is 23.0 Å². The molecule has 0 aliphatic heterocycles. The Kier molecular flexibility index (Phi) is 5.02. The van der Waals surface area contributed by atoms with Gasteiger partial charge in [0.2, 0.25) is 5.88 Å². The molecule has 27 heavy (non-hydrogen) atoms. The topological polar surface area (TPSA) is 111 Å². The van der Waals surface area contributed by atoms with Crippen molar-refractivity contribution in [2.75, 3.05) is 6.61 Å². The van der Waals surface area contributed by atoms with Crippen LogP contribution in [0.15, 0.2) is 42.9 Å². The molecule has 0 fully saturated rings. The highest BCUT2D eigenvalue weighted by Crippen LogP contribution is 2.23. The average molecular weight is 368 g/mol. The van der Waals surface area contributed by atoms with E-state index < -0.39 is 17.5 Å². The highest BCUT2D eigenvalue weighted by molar-refractivity contribution is 5.95. The van der Waals surface area contributed by atoms with E-state index in [9.17, 15) is 9.59 Å². The van der Waals surface area contributed by atoms with Crippen LogP contribution in [0.3, 0.4) is 0 Å². The number of para-hydroxylation sites is 1. The summed E-state index contributed by atoms with van der Waals surface area (Å²) in [7, 11) is 0. The molecule has 0 saturated heterocycles. The van der Waals surface area contributed by atoms with E-state index in [1.807, 2.05) is 51.1 Å². The highest BCUT2D eigenvalue weighted by atomic mass is 16.5. The Balaban J connectivity index is 1.70. The molecule has 0 radical (unpaired) electrons. The van der Waals surface area contributed by atoms with Crippen LogP contribution >= 0.6 is 0 Å². The minimum absolute atomic E-state index is 0.216. The maximum atomic E-state index is 11.9. The summed E-state index contributed by atoms with van der Waals surface area (Å²) in [6.07, 6.45) is 2.91. The van der Waals surface area contributed by atoms with Gasteiger partial charge in [-0.3, -0.25) is 10.1 Å². The lowest BCUT2D eigenvalue weighted by molar-refractivity contribution is -0.122. The minimum Gasteiger partial charge on any atom is -0.467 e. The fraction of sp³-hybridized carbons (Fsp3) is 0.278. The molecule has 0 spiro atoms. The predicted molar refractivity (Wildman–Crippen MR) is 98.6 cm³/mol. The first-order valence-corrected chi connectivity index (χ1v) is 8.32. The molecule has 0 atom stereocenters. The van der Waals surface area contributed by atoms with Gasteiger partial charge >= 0.3 is 6.03 Å². The van der Waals surface area contributed by atoms with Gasteiger partial charge in [-0.05, 0) is 32.9 Å². The fourth-order valence-corrected chi connectivity index (χ4v) is 2.36. The third kappa shape index (κ3) is 4.57. The number of nitrogens with one attached hydrogen (secondary N) is 2. The third-order valence-corrected chi connectivity index (χ3v) is 3.41.